The van der Waals surface area contributed by atoms with E-state index in [0.29, 0.717) is 62.3 Å². The molecule has 10 aromatic carbocycles. The maximum atomic E-state index is 12.5. The first kappa shape index (κ1) is 96.9. The Bertz CT molecular complexity index is 4480. The van der Waals surface area contributed by atoms with Crippen molar-refractivity contribution in [1.82, 2.24) is 25.8 Å². The molecule has 6 aliphatic rings. The molecule has 0 aromatic heterocycles. The third-order valence-electron chi connectivity index (χ3n) is 19.2. The number of halogens is 5. The predicted octanol–water partition coefficient (Wildman–Crippen LogP) is 18.3. The van der Waals surface area contributed by atoms with Gasteiger partial charge in [0.1, 0.15) is 46.4 Å². The van der Waals surface area contributed by atoms with E-state index in [4.69, 9.17) is 61.5 Å². The standard InChI is InChI=1S/C18H20ClNO2.C18H21NO2.C18H19NO2.C11H15NO2.C9H8O2.C8H11N.C7H6ClF.C4H8O.C2H6O.2ClH/c1-12-7-8-17(15(19)9-12)22-18-13(10-20-2)11-21-16-6-4-3-5-14(16)18;2*1-19(11-14-7-3-2-4-8-14)12-15-13-21-17-10-6-5-9-16(17)18(15)20;1-12-6-8-7-14-10-5-3-2-4-9(10)11(8)13;10-8-5-6-11-9-4-2-1-3-7(8)9;1-9-7-8-5-3-2-4-6-8;1-5-2-3-7(9)6(8)4-5;1-2-4-5-3-1;1-2-3;;/h3-9,13,18,20H,10-11H2,1-2H3;2-10,15,18,20H,11-13H2,1H3;2-10,15H,11-13H2,1H3;2-5,8,11-13H,6-7H2,1H3;1-4H,5-6H2;2-6,9H,7H2,1H3;2-4H,1H3;1-4H2;3H,2H2,1H3;2*1H/t13-,18-;15-,18-;;8-,11-;;;;;;;/m00.0......./s1. The summed E-state index contributed by atoms with van der Waals surface area (Å²) in [6.07, 6.45) is 2.13. The summed E-state index contributed by atoms with van der Waals surface area (Å²) in [5.74, 6) is 5.09. The fourth-order valence-electron chi connectivity index (χ4n) is 13.4. The Balaban J connectivity index is 0.000000213. The third kappa shape index (κ3) is 32.0. The Labute approximate surface area is 713 Å². The number of hydrogen-bond donors (Lipinski definition) is 6. The fraction of sp³-hybridized carbons (Fsp3) is 0.347. The van der Waals surface area contributed by atoms with Crippen LogP contribution in [0.4, 0.5) is 4.39 Å². The van der Waals surface area contributed by atoms with E-state index in [1.165, 1.54) is 35.6 Å². The quantitative estimate of drug-likeness (QED) is 0.0533. The summed E-state index contributed by atoms with van der Waals surface area (Å²) in [6, 6.07) is 79.8. The lowest BCUT2D eigenvalue weighted by atomic mass is 9.93. The minimum Gasteiger partial charge on any atom is -0.493 e. The number of hydrogen-bond acceptors (Lipinski definition) is 17. The Morgan fingerprint density at radius 3 is 1.38 bits per heavy atom. The lowest BCUT2D eigenvalue weighted by Gasteiger charge is -2.34. The van der Waals surface area contributed by atoms with Crippen LogP contribution in [0.1, 0.15) is 110 Å². The molecule has 7 atom stereocenters. The minimum absolute atomic E-state index is 0. The molecule has 16 rings (SSSR count). The minimum atomic E-state index is -0.451. The molecule has 6 aliphatic heterocycles. The van der Waals surface area contributed by atoms with Crippen LogP contribution in [0.15, 0.2) is 249 Å². The normalized spacial score (nSPS) is 17.8. The molecule has 628 valence electrons. The summed E-state index contributed by atoms with van der Waals surface area (Å²) in [7, 11) is 9.90. The van der Waals surface area contributed by atoms with Gasteiger partial charge in [-0.15, -0.1) is 24.8 Å². The van der Waals surface area contributed by atoms with Crippen molar-refractivity contribution in [3.05, 3.63) is 320 Å². The maximum Gasteiger partial charge on any atom is 0.174 e. The third-order valence-corrected chi connectivity index (χ3v) is 19.8. The molecule has 17 nitrogen and oxygen atoms in total. The highest BCUT2D eigenvalue weighted by Gasteiger charge is 2.34. The lowest BCUT2D eigenvalue weighted by molar-refractivity contribution is 0.0320. The van der Waals surface area contributed by atoms with Crippen molar-refractivity contribution in [2.24, 2.45) is 23.7 Å². The van der Waals surface area contributed by atoms with Crippen LogP contribution in [0.25, 0.3) is 0 Å². The molecule has 6 heterocycles. The van der Waals surface area contributed by atoms with Crippen LogP contribution in [0.2, 0.25) is 10.0 Å². The second-order valence-corrected chi connectivity index (χ2v) is 29.4. The van der Waals surface area contributed by atoms with Gasteiger partial charge in [-0.3, -0.25) is 9.59 Å². The van der Waals surface area contributed by atoms with Gasteiger partial charge in [0.2, 0.25) is 0 Å². The molecular formula is C95H116Cl4FN5O12. The SMILES string of the molecule is C1CCOC1.CCO.CN(Cc1ccccc1)CC1COc2ccccc2C1=O.CN(Cc1ccccc1)C[C@H]1COc2ccccc2[C@H]1O.CNC[C@H]1COc2ccccc2[C@H]1O.CNC[C@H]1COc2ccccc2[C@H]1Oc1ccc(C)cc1Cl.CNCc1ccccc1.Cc1ccc(F)c(Cl)c1.Cl.Cl.O=C1CCOc2ccccc21. The Morgan fingerprint density at radius 1 is 0.470 bits per heavy atom. The average molecular weight is 1680 g/mol. The average Bonchev–Trinajstić information content (AvgIpc) is 0.842. The van der Waals surface area contributed by atoms with Crippen molar-refractivity contribution >= 4 is 59.6 Å². The van der Waals surface area contributed by atoms with Crippen molar-refractivity contribution in [2.45, 2.75) is 78.0 Å². The first-order chi connectivity index (χ1) is 55.9. The summed E-state index contributed by atoms with van der Waals surface area (Å²) in [4.78, 5) is 28.1. The van der Waals surface area contributed by atoms with Gasteiger partial charge in [0.15, 0.2) is 11.6 Å². The molecule has 1 fully saturated rings. The van der Waals surface area contributed by atoms with Gasteiger partial charge in [-0.25, -0.2) is 4.39 Å². The zero-order valence-electron chi connectivity index (χ0n) is 68.3. The van der Waals surface area contributed by atoms with Crippen molar-refractivity contribution < 1.29 is 62.5 Å². The van der Waals surface area contributed by atoms with Gasteiger partial charge in [0.25, 0.3) is 0 Å². The number of benzene rings is 10. The van der Waals surface area contributed by atoms with Gasteiger partial charge in [-0.2, -0.15) is 0 Å². The number of ketones is 2. The van der Waals surface area contributed by atoms with Crippen molar-refractivity contribution in [2.75, 3.05) is 114 Å². The number of carbonyl (C=O) groups is 2. The molecule has 22 heteroatoms. The number of carbonyl (C=O) groups excluding carboxylic acids is 2. The number of nitrogens with zero attached hydrogens (tertiary/aromatic N) is 2. The molecule has 0 aliphatic carbocycles. The second kappa shape index (κ2) is 53.5. The zero-order valence-corrected chi connectivity index (χ0v) is 71.4. The summed E-state index contributed by atoms with van der Waals surface area (Å²) >= 11 is 11.8. The van der Waals surface area contributed by atoms with E-state index in [1.807, 2.05) is 212 Å². The van der Waals surface area contributed by atoms with E-state index in [9.17, 15) is 24.2 Å². The van der Waals surface area contributed by atoms with E-state index >= 15 is 0 Å². The first-order valence-electron chi connectivity index (χ1n) is 39.4. The van der Waals surface area contributed by atoms with Gasteiger partial charge >= 0.3 is 0 Å². The topological polar surface area (TPSA) is 202 Å². The molecule has 1 saturated heterocycles. The highest BCUT2D eigenvalue weighted by molar-refractivity contribution is 6.32. The van der Waals surface area contributed by atoms with Crippen molar-refractivity contribution in [3.8, 4) is 34.5 Å². The molecule has 0 bridgehead atoms. The van der Waals surface area contributed by atoms with Gasteiger partial charge in [0, 0.05) is 106 Å². The summed E-state index contributed by atoms with van der Waals surface area (Å²) < 4.78 is 51.8. The molecule has 0 spiro atoms. The van der Waals surface area contributed by atoms with Crippen LogP contribution in [0.3, 0.4) is 0 Å². The van der Waals surface area contributed by atoms with Crippen molar-refractivity contribution in [3.63, 3.8) is 0 Å². The second-order valence-electron chi connectivity index (χ2n) is 28.6. The number of rotatable bonds is 16. The molecule has 0 amide bonds. The number of aliphatic hydroxyl groups is 3. The first-order valence-corrected chi connectivity index (χ1v) is 40.2. The highest BCUT2D eigenvalue weighted by Crippen LogP contribution is 2.41. The van der Waals surface area contributed by atoms with Gasteiger partial charge in [-0.05, 0) is 163 Å². The monoisotopic (exact) mass is 1680 g/mol. The molecular weight excluding hydrogens is 1560 g/mol. The van der Waals surface area contributed by atoms with Crippen LogP contribution < -0.4 is 44.4 Å². The number of para-hydroxylation sites is 5. The summed E-state index contributed by atoms with van der Waals surface area (Å²) in [5.41, 5.74) is 10.3. The molecule has 117 heavy (non-hydrogen) atoms. The predicted molar refractivity (Wildman–Crippen MR) is 472 cm³/mol. The van der Waals surface area contributed by atoms with Crippen LogP contribution in [-0.2, 0) is 24.4 Å². The Kier molecular flexibility index (Phi) is 44.3. The molecule has 0 radical (unpaired) electrons. The number of aliphatic hydroxyl groups excluding tert-OH is 3. The van der Waals surface area contributed by atoms with E-state index in [1.54, 1.807) is 25.1 Å². The zero-order chi connectivity index (χ0) is 82.1. The number of Topliss-reactive ketones (excluding diaryl/α,β-unsaturated/α-hetero) is 2. The molecule has 6 N–H and O–H groups in total. The van der Waals surface area contributed by atoms with Crippen LogP contribution in [0.5, 0.6) is 34.5 Å². The molecule has 0 saturated carbocycles. The smallest absolute Gasteiger partial charge is 0.174 e. The Hall–Kier alpha value is -8.93. The number of ether oxygens (including phenoxy) is 7. The number of fused-ring (bicyclic) bond motifs is 5. The Morgan fingerprint density at radius 2 is 0.889 bits per heavy atom. The van der Waals surface area contributed by atoms with Crippen LogP contribution in [0, 0.1) is 43.3 Å². The van der Waals surface area contributed by atoms with E-state index in [2.05, 4.69) is 87.4 Å². The molecule has 10 aromatic rings. The van der Waals surface area contributed by atoms with E-state index in [-0.39, 0.29) is 83.6 Å². The maximum absolute atomic E-state index is 12.5. The fourth-order valence-corrected chi connectivity index (χ4v) is 13.9. The number of nitrogens with one attached hydrogen (secondary N) is 3. The highest BCUT2D eigenvalue weighted by atomic mass is 35.5. The van der Waals surface area contributed by atoms with Crippen LogP contribution >= 0.6 is 48.0 Å². The van der Waals surface area contributed by atoms with Gasteiger partial charge in [0.05, 0.1) is 72.3 Å². The van der Waals surface area contributed by atoms with Crippen molar-refractivity contribution in [1.29, 1.82) is 0 Å². The van der Waals surface area contributed by atoms with Gasteiger partial charge < -0.3 is 74.2 Å². The number of aryl methyl sites for hydroxylation is 2. The summed E-state index contributed by atoms with van der Waals surface area (Å²) in [6.45, 7) is 16.4. The molecule has 1 unspecified atom stereocenters. The van der Waals surface area contributed by atoms with Crippen LogP contribution in [-0.4, -0.2) is 151 Å². The lowest BCUT2D eigenvalue weighted by Crippen LogP contribution is -2.36. The van der Waals surface area contributed by atoms with E-state index < -0.39 is 12.2 Å². The largest absolute Gasteiger partial charge is 0.493 e. The van der Waals surface area contributed by atoms with Gasteiger partial charge in [-0.1, -0.05) is 205 Å². The summed E-state index contributed by atoms with van der Waals surface area (Å²) in [5, 5.41) is 38.3. The van der Waals surface area contributed by atoms with E-state index in [0.717, 1.165) is 115 Å².